The molecule has 0 saturated carbocycles. The lowest BCUT2D eigenvalue weighted by molar-refractivity contribution is 0.0593. The zero-order valence-electron chi connectivity index (χ0n) is 12.4. The van der Waals surface area contributed by atoms with Crippen molar-refractivity contribution < 1.29 is 14.3 Å². The van der Waals surface area contributed by atoms with Crippen molar-refractivity contribution in [2.45, 2.75) is 26.7 Å². The first-order valence-electron chi connectivity index (χ1n) is 6.36. The predicted octanol–water partition coefficient (Wildman–Crippen LogP) is 3.72. The number of amides is 1. The average Bonchev–Trinajstić information content (AvgIpc) is 3.01. The van der Waals surface area contributed by atoms with Crippen LogP contribution in [0.5, 0.6) is 0 Å². The number of nitrogens with zero attached hydrogens (tertiary/aromatic N) is 2. The molecule has 118 valence electrons. The Morgan fingerprint density at radius 3 is 2.41 bits per heavy atom. The van der Waals surface area contributed by atoms with E-state index < -0.39 is 11.9 Å². The van der Waals surface area contributed by atoms with Gasteiger partial charge in [-0.1, -0.05) is 25.4 Å². The number of hydrogen-bond acceptors (Lipinski definition) is 7. The fourth-order valence-electron chi connectivity index (χ4n) is 1.75. The summed E-state index contributed by atoms with van der Waals surface area (Å²) in [5.41, 5.74) is 0.488. The van der Waals surface area contributed by atoms with Crippen molar-refractivity contribution in [3.8, 4) is 0 Å². The van der Waals surface area contributed by atoms with Crippen LogP contribution >= 0.6 is 34.3 Å². The standard InChI is InChI=1S/C13H14ClN3O3S2/c1-5(2)9-8(11(19)20-4)16-13(22-9)17-10(18)7-6(3)21-12(14)15-7/h5H,1-4H3,(H,16,17,18). The summed E-state index contributed by atoms with van der Waals surface area (Å²) < 4.78 is 5.02. The Kier molecular flexibility index (Phi) is 5.15. The summed E-state index contributed by atoms with van der Waals surface area (Å²) in [6.07, 6.45) is 0. The third-order valence-electron chi connectivity index (χ3n) is 2.76. The van der Waals surface area contributed by atoms with Crippen LogP contribution in [-0.2, 0) is 4.74 Å². The monoisotopic (exact) mass is 359 g/mol. The lowest BCUT2D eigenvalue weighted by Crippen LogP contribution is -2.13. The molecule has 0 aliphatic heterocycles. The van der Waals surface area contributed by atoms with Crippen molar-refractivity contribution in [2.75, 3.05) is 12.4 Å². The molecule has 0 aromatic carbocycles. The van der Waals surface area contributed by atoms with Gasteiger partial charge < -0.3 is 4.74 Å². The van der Waals surface area contributed by atoms with Crippen molar-refractivity contribution >= 4 is 51.3 Å². The Morgan fingerprint density at radius 2 is 1.91 bits per heavy atom. The van der Waals surface area contributed by atoms with Crippen molar-refractivity contribution in [1.82, 2.24) is 9.97 Å². The van der Waals surface area contributed by atoms with Crippen LogP contribution in [0.1, 0.15) is 50.5 Å². The van der Waals surface area contributed by atoms with Gasteiger partial charge in [-0.3, -0.25) is 10.1 Å². The normalized spacial score (nSPS) is 10.8. The number of anilines is 1. The van der Waals surface area contributed by atoms with Gasteiger partial charge in [-0.2, -0.15) is 0 Å². The molecule has 1 amide bonds. The maximum atomic E-state index is 12.2. The zero-order chi connectivity index (χ0) is 16.4. The third-order valence-corrected chi connectivity index (χ3v) is 5.11. The van der Waals surface area contributed by atoms with Gasteiger partial charge in [0.2, 0.25) is 0 Å². The molecule has 2 aromatic rings. The highest BCUT2D eigenvalue weighted by atomic mass is 35.5. The van der Waals surface area contributed by atoms with Gasteiger partial charge in [-0.05, 0) is 12.8 Å². The van der Waals surface area contributed by atoms with Gasteiger partial charge in [-0.25, -0.2) is 14.8 Å². The molecule has 0 fully saturated rings. The number of ether oxygens (including phenoxy) is 1. The van der Waals surface area contributed by atoms with E-state index in [1.54, 1.807) is 6.92 Å². The third kappa shape index (κ3) is 3.45. The van der Waals surface area contributed by atoms with E-state index in [1.165, 1.54) is 29.8 Å². The first kappa shape index (κ1) is 16.9. The average molecular weight is 360 g/mol. The van der Waals surface area contributed by atoms with E-state index in [0.717, 1.165) is 9.75 Å². The molecule has 0 aliphatic rings. The molecule has 0 aliphatic carbocycles. The van der Waals surface area contributed by atoms with Crippen LogP contribution in [-0.4, -0.2) is 29.0 Å². The maximum absolute atomic E-state index is 12.2. The summed E-state index contributed by atoms with van der Waals surface area (Å²) in [4.78, 5) is 33.6. The van der Waals surface area contributed by atoms with Crippen LogP contribution < -0.4 is 5.32 Å². The van der Waals surface area contributed by atoms with Gasteiger partial charge in [0.1, 0.15) is 5.69 Å². The number of esters is 1. The number of halogens is 1. The molecular weight excluding hydrogens is 346 g/mol. The van der Waals surface area contributed by atoms with Crippen LogP contribution in [0.15, 0.2) is 0 Å². The van der Waals surface area contributed by atoms with Gasteiger partial charge in [-0.15, -0.1) is 22.7 Å². The maximum Gasteiger partial charge on any atom is 0.357 e. The highest BCUT2D eigenvalue weighted by Crippen LogP contribution is 2.31. The zero-order valence-corrected chi connectivity index (χ0v) is 14.8. The molecule has 9 heteroatoms. The smallest absolute Gasteiger partial charge is 0.357 e. The summed E-state index contributed by atoms with van der Waals surface area (Å²) in [6.45, 7) is 5.64. The quantitative estimate of drug-likeness (QED) is 0.841. The van der Waals surface area contributed by atoms with Gasteiger partial charge in [0.05, 0.1) is 7.11 Å². The first-order chi connectivity index (χ1) is 10.3. The van der Waals surface area contributed by atoms with Gasteiger partial charge in [0.25, 0.3) is 5.91 Å². The lowest BCUT2D eigenvalue weighted by Gasteiger charge is -2.02. The van der Waals surface area contributed by atoms with Crippen LogP contribution in [0, 0.1) is 6.92 Å². The number of nitrogens with one attached hydrogen (secondary N) is 1. The molecule has 22 heavy (non-hydrogen) atoms. The highest BCUT2D eigenvalue weighted by molar-refractivity contribution is 7.16. The molecular formula is C13H14ClN3O3S2. The topological polar surface area (TPSA) is 81.2 Å². The minimum Gasteiger partial charge on any atom is -0.464 e. The molecule has 0 radical (unpaired) electrons. The first-order valence-corrected chi connectivity index (χ1v) is 8.37. The molecule has 0 saturated heterocycles. The number of aryl methyl sites for hydroxylation is 1. The Balaban J connectivity index is 2.28. The van der Waals surface area contributed by atoms with Crippen molar-refractivity contribution in [3.63, 3.8) is 0 Å². The molecule has 0 unspecified atom stereocenters. The van der Waals surface area contributed by atoms with E-state index in [4.69, 9.17) is 16.3 Å². The van der Waals surface area contributed by atoms with Gasteiger partial charge >= 0.3 is 5.97 Å². The molecule has 2 rings (SSSR count). The fraction of sp³-hybridized carbons (Fsp3) is 0.385. The summed E-state index contributed by atoms with van der Waals surface area (Å²) in [5.74, 6) is -0.831. The molecule has 1 N–H and O–H groups in total. The van der Waals surface area contributed by atoms with Gasteiger partial charge in [0.15, 0.2) is 15.3 Å². The summed E-state index contributed by atoms with van der Waals surface area (Å²) in [6, 6.07) is 0. The second-order valence-electron chi connectivity index (χ2n) is 4.70. The minimum absolute atomic E-state index is 0.0905. The Morgan fingerprint density at radius 1 is 1.23 bits per heavy atom. The van der Waals surface area contributed by atoms with Crippen LogP contribution in [0.3, 0.4) is 0 Å². The number of rotatable bonds is 4. The number of methoxy groups -OCH3 is 1. The Labute approximate surface area is 140 Å². The summed E-state index contributed by atoms with van der Waals surface area (Å²) in [5, 5.41) is 2.98. The van der Waals surface area contributed by atoms with E-state index in [2.05, 4.69) is 15.3 Å². The van der Waals surface area contributed by atoms with E-state index in [9.17, 15) is 9.59 Å². The molecule has 0 spiro atoms. The molecule has 0 bridgehead atoms. The number of aromatic nitrogens is 2. The predicted molar refractivity (Wildman–Crippen MR) is 87.4 cm³/mol. The minimum atomic E-state index is -0.520. The van der Waals surface area contributed by atoms with Crippen molar-refractivity contribution in [2.24, 2.45) is 0 Å². The SMILES string of the molecule is COC(=O)c1nc(NC(=O)c2nc(Cl)sc2C)sc1C(C)C. The molecule has 6 nitrogen and oxygen atoms in total. The highest BCUT2D eigenvalue weighted by Gasteiger charge is 2.23. The molecule has 0 atom stereocenters. The second-order valence-corrected chi connectivity index (χ2v) is 7.52. The van der Waals surface area contributed by atoms with Crippen LogP contribution in [0.4, 0.5) is 5.13 Å². The summed E-state index contributed by atoms with van der Waals surface area (Å²) in [7, 11) is 1.30. The fourth-order valence-corrected chi connectivity index (χ4v) is 3.76. The summed E-state index contributed by atoms with van der Waals surface area (Å²) >= 11 is 8.28. The van der Waals surface area contributed by atoms with Gasteiger partial charge in [0, 0.05) is 9.75 Å². The number of carbonyl (C=O) groups excluding carboxylic acids is 2. The largest absolute Gasteiger partial charge is 0.464 e. The lowest BCUT2D eigenvalue weighted by atomic mass is 10.1. The number of hydrogen-bond donors (Lipinski definition) is 1. The van der Waals surface area contributed by atoms with E-state index >= 15 is 0 Å². The van der Waals surface area contributed by atoms with E-state index in [1.807, 2.05) is 13.8 Å². The second kappa shape index (κ2) is 6.72. The van der Waals surface area contributed by atoms with Crippen molar-refractivity contribution in [3.05, 3.63) is 25.6 Å². The Bertz CT molecular complexity index is 724. The number of carbonyl (C=O) groups is 2. The van der Waals surface area contributed by atoms with E-state index in [-0.39, 0.29) is 17.3 Å². The molecule has 2 heterocycles. The van der Waals surface area contributed by atoms with Crippen LogP contribution in [0.2, 0.25) is 4.47 Å². The van der Waals surface area contributed by atoms with E-state index in [0.29, 0.717) is 9.60 Å². The Hall–Kier alpha value is -1.51. The molecule has 2 aromatic heterocycles. The van der Waals surface area contributed by atoms with Crippen LogP contribution in [0.25, 0.3) is 0 Å². The number of thiazole rings is 2. The van der Waals surface area contributed by atoms with Crippen molar-refractivity contribution in [1.29, 1.82) is 0 Å².